The zero-order valence-electron chi connectivity index (χ0n) is 5.99. The molecule has 0 radical (unpaired) electrons. The number of nitrogens with zero attached hydrogens (tertiary/aromatic N) is 2. The van der Waals surface area contributed by atoms with Crippen molar-refractivity contribution in [3.05, 3.63) is 24.5 Å². The van der Waals surface area contributed by atoms with Gasteiger partial charge in [0.25, 0.3) is 0 Å². The fourth-order valence-electron chi connectivity index (χ4n) is 0.688. The van der Waals surface area contributed by atoms with Crippen molar-refractivity contribution in [2.24, 2.45) is 5.73 Å². The van der Waals surface area contributed by atoms with Crippen LogP contribution in [0.2, 0.25) is 0 Å². The first kappa shape index (κ1) is 7.02. The number of hydrogen-bond acceptors (Lipinski definition) is 2. The van der Waals surface area contributed by atoms with Crippen LogP contribution in [0.1, 0.15) is 18.5 Å². The lowest BCUT2D eigenvalue weighted by molar-refractivity contribution is 0.818. The van der Waals surface area contributed by atoms with Gasteiger partial charge in [0.15, 0.2) is 0 Å². The second-order valence-corrected chi connectivity index (χ2v) is 2.22. The van der Waals surface area contributed by atoms with Crippen molar-refractivity contribution in [1.82, 2.24) is 9.78 Å². The van der Waals surface area contributed by atoms with Gasteiger partial charge in [0.05, 0.1) is 6.20 Å². The van der Waals surface area contributed by atoms with Crippen molar-refractivity contribution >= 4 is 6.20 Å². The Bertz CT molecular complexity index is 225. The molecule has 0 aliphatic heterocycles. The monoisotopic (exact) mass is 137 g/mol. The maximum atomic E-state index is 5.59. The van der Waals surface area contributed by atoms with E-state index >= 15 is 0 Å². The molecule has 1 aromatic rings. The average molecular weight is 137 g/mol. The van der Waals surface area contributed by atoms with Gasteiger partial charge in [-0.25, -0.2) is 4.68 Å². The highest BCUT2D eigenvalue weighted by Gasteiger charge is 1.99. The van der Waals surface area contributed by atoms with Gasteiger partial charge in [-0.15, -0.1) is 0 Å². The summed E-state index contributed by atoms with van der Waals surface area (Å²) in [6.07, 6.45) is 5.23. The maximum absolute atomic E-state index is 5.59. The summed E-state index contributed by atoms with van der Waals surface area (Å²) in [5, 5.41) is 3.97. The third-order valence-corrected chi connectivity index (χ3v) is 1.33. The van der Waals surface area contributed by atoms with Gasteiger partial charge in [-0.2, -0.15) is 5.10 Å². The quantitative estimate of drug-likeness (QED) is 0.661. The molecule has 0 unspecified atom stereocenters. The van der Waals surface area contributed by atoms with Crippen molar-refractivity contribution in [1.29, 1.82) is 0 Å². The molecule has 0 bridgehead atoms. The molecule has 3 heteroatoms. The Morgan fingerprint density at radius 2 is 2.60 bits per heavy atom. The minimum atomic E-state index is 0.0497. The topological polar surface area (TPSA) is 43.8 Å². The largest absolute Gasteiger partial charge is 0.324 e. The van der Waals surface area contributed by atoms with Gasteiger partial charge in [-0.3, -0.25) is 0 Å². The van der Waals surface area contributed by atoms with E-state index in [1.165, 1.54) is 0 Å². The summed E-state index contributed by atoms with van der Waals surface area (Å²) in [5.41, 5.74) is 6.62. The first-order valence-electron chi connectivity index (χ1n) is 3.16. The van der Waals surface area contributed by atoms with Gasteiger partial charge in [0.2, 0.25) is 0 Å². The average Bonchev–Trinajstić information content (AvgIpc) is 2.34. The SMILES string of the molecule is C=Cn1cc([C@H](C)N)cn1. The highest BCUT2D eigenvalue weighted by atomic mass is 15.2. The second-order valence-electron chi connectivity index (χ2n) is 2.22. The molecule has 0 aromatic carbocycles. The second kappa shape index (κ2) is 2.66. The predicted octanol–water partition coefficient (Wildman–Crippen LogP) is 1.00. The van der Waals surface area contributed by atoms with Gasteiger partial charge >= 0.3 is 0 Å². The van der Waals surface area contributed by atoms with Crippen LogP contribution in [0.3, 0.4) is 0 Å². The van der Waals surface area contributed by atoms with Gasteiger partial charge < -0.3 is 5.73 Å². The van der Waals surface area contributed by atoms with Crippen molar-refractivity contribution in [2.45, 2.75) is 13.0 Å². The molecule has 0 fully saturated rings. The summed E-state index contributed by atoms with van der Waals surface area (Å²) < 4.78 is 1.64. The standard InChI is InChI=1S/C7H11N3/c1-3-10-5-7(4-9-10)6(2)8/h3-6H,1,8H2,2H3/t6-/m0/s1. The van der Waals surface area contributed by atoms with Crippen LogP contribution in [0, 0.1) is 0 Å². The Kier molecular flexibility index (Phi) is 1.87. The Morgan fingerprint density at radius 1 is 1.90 bits per heavy atom. The van der Waals surface area contributed by atoms with E-state index in [-0.39, 0.29) is 6.04 Å². The first-order chi connectivity index (χ1) is 4.74. The fraction of sp³-hybridized carbons (Fsp3) is 0.286. The first-order valence-corrected chi connectivity index (χ1v) is 3.16. The summed E-state index contributed by atoms with van der Waals surface area (Å²) in [6.45, 7) is 5.48. The molecule has 10 heavy (non-hydrogen) atoms. The van der Waals surface area contributed by atoms with Crippen molar-refractivity contribution in [3.8, 4) is 0 Å². The highest BCUT2D eigenvalue weighted by Crippen LogP contribution is 2.06. The molecule has 1 atom stereocenters. The van der Waals surface area contributed by atoms with Crippen LogP contribution < -0.4 is 5.73 Å². The van der Waals surface area contributed by atoms with Crippen LogP contribution >= 0.6 is 0 Å². The van der Waals surface area contributed by atoms with Crippen LogP contribution in [0.15, 0.2) is 19.0 Å². The highest BCUT2D eigenvalue weighted by molar-refractivity contribution is 5.19. The van der Waals surface area contributed by atoms with Crippen LogP contribution in [0.4, 0.5) is 0 Å². The Balaban J connectivity index is 2.88. The molecular formula is C7H11N3. The minimum Gasteiger partial charge on any atom is -0.324 e. The maximum Gasteiger partial charge on any atom is 0.0541 e. The molecule has 0 amide bonds. The minimum absolute atomic E-state index is 0.0497. The van der Waals surface area contributed by atoms with Crippen LogP contribution in [0.5, 0.6) is 0 Å². The van der Waals surface area contributed by atoms with E-state index in [4.69, 9.17) is 5.73 Å². The molecule has 0 aliphatic rings. The van der Waals surface area contributed by atoms with Gasteiger partial charge in [0.1, 0.15) is 0 Å². The molecule has 0 saturated carbocycles. The Labute approximate surface area is 60.1 Å². The van der Waals surface area contributed by atoms with Gasteiger partial charge in [-0.05, 0) is 6.92 Å². The molecule has 1 rings (SSSR count). The zero-order chi connectivity index (χ0) is 7.56. The van der Waals surface area contributed by atoms with Gasteiger partial charge in [-0.1, -0.05) is 6.58 Å². The Hall–Kier alpha value is -1.09. The molecular weight excluding hydrogens is 126 g/mol. The lowest BCUT2D eigenvalue weighted by atomic mass is 10.2. The predicted molar refractivity (Wildman–Crippen MR) is 41.2 cm³/mol. The van der Waals surface area contributed by atoms with Crippen LogP contribution in [-0.2, 0) is 0 Å². The van der Waals surface area contributed by atoms with E-state index in [9.17, 15) is 0 Å². The van der Waals surface area contributed by atoms with Crippen LogP contribution in [-0.4, -0.2) is 9.78 Å². The smallest absolute Gasteiger partial charge is 0.0541 e. The molecule has 0 spiro atoms. The fourth-order valence-corrected chi connectivity index (χ4v) is 0.688. The molecule has 1 heterocycles. The summed E-state index contributed by atoms with van der Waals surface area (Å²) >= 11 is 0. The molecule has 0 saturated heterocycles. The van der Waals surface area contributed by atoms with Crippen LogP contribution in [0.25, 0.3) is 6.20 Å². The van der Waals surface area contributed by atoms with E-state index in [1.807, 2.05) is 13.1 Å². The van der Waals surface area contributed by atoms with Crippen molar-refractivity contribution in [2.75, 3.05) is 0 Å². The number of nitrogens with two attached hydrogens (primary N) is 1. The summed E-state index contributed by atoms with van der Waals surface area (Å²) in [4.78, 5) is 0. The van der Waals surface area contributed by atoms with E-state index in [1.54, 1.807) is 17.1 Å². The van der Waals surface area contributed by atoms with Crippen molar-refractivity contribution in [3.63, 3.8) is 0 Å². The molecule has 0 aliphatic carbocycles. The lowest BCUT2D eigenvalue weighted by Crippen LogP contribution is -2.02. The normalized spacial score (nSPS) is 13.0. The van der Waals surface area contributed by atoms with E-state index in [2.05, 4.69) is 11.7 Å². The van der Waals surface area contributed by atoms with E-state index in [0.717, 1.165) is 5.56 Å². The summed E-state index contributed by atoms with van der Waals surface area (Å²) in [5.74, 6) is 0. The number of aromatic nitrogens is 2. The molecule has 2 N–H and O–H groups in total. The van der Waals surface area contributed by atoms with Crippen molar-refractivity contribution < 1.29 is 0 Å². The Morgan fingerprint density at radius 3 is 2.90 bits per heavy atom. The summed E-state index contributed by atoms with van der Waals surface area (Å²) in [6, 6.07) is 0.0497. The number of rotatable bonds is 2. The zero-order valence-corrected chi connectivity index (χ0v) is 5.99. The third kappa shape index (κ3) is 1.25. The number of hydrogen-bond donors (Lipinski definition) is 1. The molecule has 1 aromatic heterocycles. The summed E-state index contributed by atoms with van der Waals surface area (Å²) in [7, 11) is 0. The van der Waals surface area contributed by atoms with E-state index < -0.39 is 0 Å². The lowest BCUT2D eigenvalue weighted by Gasteiger charge is -1.96. The molecule has 3 nitrogen and oxygen atoms in total. The molecule has 54 valence electrons. The van der Waals surface area contributed by atoms with Gasteiger partial charge in [0, 0.05) is 24.0 Å². The van der Waals surface area contributed by atoms with E-state index in [0.29, 0.717) is 0 Å². The third-order valence-electron chi connectivity index (χ3n) is 1.33.